The molecule has 0 spiro atoms. The van der Waals surface area contributed by atoms with Crippen LogP contribution in [0.2, 0.25) is 0 Å². The molecule has 0 saturated carbocycles. The molecule has 3 nitrogen and oxygen atoms in total. The van der Waals surface area contributed by atoms with Crippen molar-refractivity contribution in [3.05, 3.63) is 63.6 Å². The van der Waals surface area contributed by atoms with Gasteiger partial charge in [-0.05, 0) is 54.8 Å². The number of nitrogens with one attached hydrogen (secondary N) is 1. The van der Waals surface area contributed by atoms with Crippen molar-refractivity contribution in [3.63, 3.8) is 0 Å². The van der Waals surface area contributed by atoms with Crippen molar-refractivity contribution in [2.75, 3.05) is 6.61 Å². The van der Waals surface area contributed by atoms with E-state index >= 15 is 0 Å². The zero-order valence-electron chi connectivity index (χ0n) is 11.7. The number of rotatable bonds is 5. The van der Waals surface area contributed by atoms with E-state index in [1.54, 1.807) is 0 Å². The van der Waals surface area contributed by atoms with Gasteiger partial charge in [-0.2, -0.15) is 0 Å². The molecule has 0 aliphatic rings. The van der Waals surface area contributed by atoms with Gasteiger partial charge < -0.3 is 4.74 Å². The lowest BCUT2D eigenvalue weighted by Gasteiger charge is -2.18. The van der Waals surface area contributed by atoms with Crippen LogP contribution in [0.1, 0.15) is 29.7 Å². The molecular formula is C16H19BrN2O. The molecule has 106 valence electrons. The average molecular weight is 335 g/mol. The molecule has 0 amide bonds. The SMILES string of the molecule is CCOc1ccc(C(NN)c2cc(C)cc(Br)c2)cc1. The number of hydrazine groups is 1. The van der Waals surface area contributed by atoms with E-state index in [0.717, 1.165) is 21.3 Å². The topological polar surface area (TPSA) is 47.3 Å². The number of hydrogen-bond acceptors (Lipinski definition) is 3. The summed E-state index contributed by atoms with van der Waals surface area (Å²) in [5.74, 6) is 6.61. The van der Waals surface area contributed by atoms with E-state index in [9.17, 15) is 0 Å². The van der Waals surface area contributed by atoms with Crippen LogP contribution >= 0.6 is 15.9 Å². The molecule has 1 atom stereocenters. The second-order valence-corrected chi connectivity index (χ2v) is 5.58. The van der Waals surface area contributed by atoms with Crippen molar-refractivity contribution in [1.29, 1.82) is 0 Å². The van der Waals surface area contributed by atoms with Crippen LogP contribution in [0.25, 0.3) is 0 Å². The van der Waals surface area contributed by atoms with Gasteiger partial charge in [0.25, 0.3) is 0 Å². The second kappa shape index (κ2) is 6.88. The molecule has 0 heterocycles. The summed E-state index contributed by atoms with van der Waals surface area (Å²) in [7, 11) is 0. The van der Waals surface area contributed by atoms with E-state index in [-0.39, 0.29) is 6.04 Å². The van der Waals surface area contributed by atoms with Crippen LogP contribution in [0.15, 0.2) is 46.9 Å². The summed E-state index contributed by atoms with van der Waals surface area (Å²) >= 11 is 3.53. The number of halogens is 1. The Labute approximate surface area is 128 Å². The molecule has 2 aromatic carbocycles. The molecule has 0 bridgehead atoms. The largest absolute Gasteiger partial charge is 0.494 e. The maximum atomic E-state index is 5.74. The van der Waals surface area contributed by atoms with Gasteiger partial charge >= 0.3 is 0 Å². The van der Waals surface area contributed by atoms with Gasteiger partial charge in [0.2, 0.25) is 0 Å². The van der Waals surface area contributed by atoms with Crippen molar-refractivity contribution in [1.82, 2.24) is 5.43 Å². The Morgan fingerprint density at radius 1 is 1.15 bits per heavy atom. The van der Waals surface area contributed by atoms with E-state index in [1.165, 1.54) is 5.56 Å². The molecule has 0 aromatic heterocycles. The van der Waals surface area contributed by atoms with E-state index < -0.39 is 0 Å². The first-order valence-corrected chi connectivity index (χ1v) is 7.39. The maximum Gasteiger partial charge on any atom is 0.119 e. The molecular weight excluding hydrogens is 316 g/mol. The Bertz CT molecular complexity index is 549. The highest BCUT2D eigenvalue weighted by Gasteiger charge is 2.13. The van der Waals surface area contributed by atoms with Crippen LogP contribution in [-0.4, -0.2) is 6.61 Å². The average Bonchev–Trinajstić information content (AvgIpc) is 2.41. The highest BCUT2D eigenvalue weighted by Crippen LogP contribution is 2.26. The summed E-state index contributed by atoms with van der Waals surface area (Å²) in [5.41, 5.74) is 6.31. The lowest BCUT2D eigenvalue weighted by atomic mass is 9.98. The zero-order chi connectivity index (χ0) is 14.5. The molecule has 20 heavy (non-hydrogen) atoms. The summed E-state index contributed by atoms with van der Waals surface area (Å²) < 4.78 is 6.51. The van der Waals surface area contributed by atoms with Gasteiger partial charge in [0.05, 0.1) is 12.6 Å². The molecule has 0 saturated heterocycles. The Hall–Kier alpha value is -1.36. The van der Waals surface area contributed by atoms with Gasteiger partial charge in [0.15, 0.2) is 0 Å². The van der Waals surface area contributed by atoms with Crippen LogP contribution in [0.5, 0.6) is 5.75 Å². The van der Waals surface area contributed by atoms with E-state index in [4.69, 9.17) is 10.6 Å². The van der Waals surface area contributed by atoms with Crippen LogP contribution in [0, 0.1) is 6.92 Å². The molecule has 3 N–H and O–H groups in total. The summed E-state index contributed by atoms with van der Waals surface area (Å²) in [6.45, 7) is 4.71. The fourth-order valence-corrected chi connectivity index (χ4v) is 2.86. The van der Waals surface area contributed by atoms with Gasteiger partial charge in [-0.3, -0.25) is 5.84 Å². The first-order chi connectivity index (χ1) is 9.63. The van der Waals surface area contributed by atoms with E-state index in [1.807, 2.05) is 31.2 Å². The van der Waals surface area contributed by atoms with E-state index in [2.05, 4.69) is 46.5 Å². The molecule has 0 radical (unpaired) electrons. The summed E-state index contributed by atoms with van der Waals surface area (Å²) in [6.07, 6.45) is 0. The van der Waals surface area contributed by atoms with Gasteiger partial charge in [0, 0.05) is 4.47 Å². The monoisotopic (exact) mass is 334 g/mol. The number of hydrogen-bond donors (Lipinski definition) is 2. The van der Waals surface area contributed by atoms with Gasteiger partial charge in [-0.25, -0.2) is 5.43 Å². The summed E-state index contributed by atoms with van der Waals surface area (Å²) in [6, 6.07) is 14.2. The first kappa shape index (κ1) is 15.0. The lowest BCUT2D eigenvalue weighted by molar-refractivity contribution is 0.340. The lowest BCUT2D eigenvalue weighted by Crippen LogP contribution is -2.28. The Morgan fingerprint density at radius 3 is 2.40 bits per heavy atom. The molecule has 0 aliphatic heterocycles. The number of ether oxygens (including phenoxy) is 1. The van der Waals surface area contributed by atoms with Crippen molar-refractivity contribution in [2.45, 2.75) is 19.9 Å². The minimum absolute atomic E-state index is 0.0399. The molecule has 2 rings (SSSR count). The molecule has 2 aromatic rings. The highest BCUT2D eigenvalue weighted by molar-refractivity contribution is 9.10. The summed E-state index contributed by atoms with van der Waals surface area (Å²) in [4.78, 5) is 0. The van der Waals surface area contributed by atoms with Crippen molar-refractivity contribution in [2.24, 2.45) is 5.84 Å². The van der Waals surface area contributed by atoms with Crippen LogP contribution in [0.4, 0.5) is 0 Å². The molecule has 0 aliphatic carbocycles. The van der Waals surface area contributed by atoms with Crippen molar-refractivity contribution in [3.8, 4) is 5.75 Å². The minimum atomic E-state index is -0.0399. The predicted molar refractivity (Wildman–Crippen MR) is 85.7 cm³/mol. The van der Waals surface area contributed by atoms with Gasteiger partial charge in [-0.1, -0.05) is 34.1 Å². The minimum Gasteiger partial charge on any atom is -0.494 e. The highest BCUT2D eigenvalue weighted by atomic mass is 79.9. The molecule has 0 fully saturated rings. The smallest absolute Gasteiger partial charge is 0.119 e. The Balaban J connectivity index is 2.31. The predicted octanol–water partition coefficient (Wildman–Crippen LogP) is 3.71. The number of nitrogens with two attached hydrogens (primary N) is 1. The second-order valence-electron chi connectivity index (χ2n) is 4.66. The Kier molecular flexibility index (Phi) is 5.17. The fraction of sp³-hybridized carbons (Fsp3) is 0.250. The van der Waals surface area contributed by atoms with Crippen LogP contribution < -0.4 is 16.0 Å². The Morgan fingerprint density at radius 2 is 1.85 bits per heavy atom. The third-order valence-electron chi connectivity index (χ3n) is 3.09. The van der Waals surface area contributed by atoms with Gasteiger partial charge in [-0.15, -0.1) is 0 Å². The van der Waals surface area contributed by atoms with Crippen LogP contribution in [0.3, 0.4) is 0 Å². The third-order valence-corrected chi connectivity index (χ3v) is 3.55. The normalized spacial score (nSPS) is 12.2. The number of aryl methyl sites for hydroxylation is 1. The quantitative estimate of drug-likeness (QED) is 0.647. The maximum absolute atomic E-state index is 5.74. The van der Waals surface area contributed by atoms with Gasteiger partial charge in [0.1, 0.15) is 5.75 Å². The van der Waals surface area contributed by atoms with E-state index in [0.29, 0.717) is 6.61 Å². The fourth-order valence-electron chi connectivity index (χ4n) is 2.24. The third kappa shape index (κ3) is 3.60. The number of benzene rings is 2. The molecule has 4 heteroatoms. The van der Waals surface area contributed by atoms with Crippen molar-refractivity contribution >= 4 is 15.9 Å². The molecule has 1 unspecified atom stereocenters. The van der Waals surface area contributed by atoms with Crippen molar-refractivity contribution < 1.29 is 4.74 Å². The van der Waals surface area contributed by atoms with Crippen LogP contribution in [-0.2, 0) is 0 Å². The first-order valence-electron chi connectivity index (χ1n) is 6.60. The standard InChI is InChI=1S/C16H19BrN2O/c1-3-20-15-6-4-12(5-7-15)16(19-18)13-8-11(2)9-14(17)10-13/h4-10,16,19H,3,18H2,1-2H3. The zero-order valence-corrected chi connectivity index (χ0v) is 13.3. The summed E-state index contributed by atoms with van der Waals surface area (Å²) in [5, 5.41) is 0.